The number of allylic oxidation sites excluding steroid dienone is 1. The lowest BCUT2D eigenvalue weighted by Crippen LogP contribution is -2.12. The smallest absolute Gasteiger partial charge is 0.433 e. The summed E-state index contributed by atoms with van der Waals surface area (Å²) in [5.41, 5.74) is 0.150. The minimum Gasteiger partial charge on any atom is -0.497 e. The Morgan fingerprint density at radius 3 is 2.56 bits per heavy atom. The summed E-state index contributed by atoms with van der Waals surface area (Å²) in [6.07, 6.45) is -1.08. The van der Waals surface area contributed by atoms with Gasteiger partial charge in [-0.15, -0.1) is 11.3 Å². The van der Waals surface area contributed by atoms with E-state index in [0.29, 0.717) is 21.7 Å². The zero-order valence-corrected chi connectivity index (χ0v) is 18.9. The van der Waals surface area contributed by atoms with Crippen LogP contribution in [0.5, 0.6) is 5.75 Å². The van der Waals surface area contributed by atoms with Crippen LogP contribution in [0.4, 0.5) is 24.5 Å². The van der Waals surface area contributed by atoms with E-state index in [1.165, 1.54) is 32.4 Å². The molecular formula is C20H19F3N4O3S2. The summed E-state index contributed by atoms with van der Waals surface area (Å²) in [6, 6.07) is 6.74. The van der Waals surface area contributed by atoms with Crippen LogP contribution in [-0.2, 0) is 23.2 Å². The summed E-state index contributed by atoms with van der Waals surface area (Å²) in [7, 11) is -1.46. The Labute approximate surface area is 186 Å². The van der Waals surface area contributed by atoms with Gasteiger partial charge in [0.05, 0.1) is 23.4 Å². The molecule has 7 nitrogen and oxygen atoms in total. The van der Waals surface area contributed by atoms with Crippen molar-refractivity contribution in [1.29, 1.82) is 0 Å². The molecule has 0 radical (unpaired) electrons. The van der Waals surface area contributed by atoms with E-state index in [2.05, 4.69) is 21.5 Å². The summed E-state index contributed by atoms with van der Waals surface area (Å²) < 4.78 is 73.4. The molecule has 0 amide bonds. The molecule has 0 spiro atoms. The fourth-order valence-corrected chi connectivity index (χ4v) is 5.28. The molecule has 0 bridgehead atoms. The maximum Gasteiger partial charge on any atom is 0.433 e. The maximum absolute atomic E-state index is 13.0. The Morgan fingerprint density at radius 1 is 1.28 bits per heavy atom. The predicted octanol–water partition coefficient (Wildman–Crippen LogP) is 5.34. The fraction of sp³-hybridized carbons (Fsp3) is 0.200. The van der Waals surface area contributed by atoms with E-state index >= 15 is 0 Å². The average Bonchev–Trinajstić information content (AvgIpc) is 3.34. The number of aliphatic imine (C=N–C) groups is 1. The molecule has 3 aromatic rings. The highest BCUT2D eigenvalue weighted by Crippen LogP contribution is 2.38. The standard InChI is InChI=1S/C20H19F3N4O3S2/c1-5-6-12-9-13(30-4)10-15(19(12)24-2)26-32(28,29)18-8-7-16(31-18)14-11-17(20(21,22)23)27(3)25-14/h5-11,26H,2H2,1,3-4H3/b6-5-. The third kappa shape index (κ3) is 4.70. The number of ether oxygens (including phenoxy) is 1. The molecule has 0 aliphatic heterocycles. The van der Waals surface area contributed by atoms with Crippen LogP contribution in [0.15, 0.2) is 45.6 Å². The van der Waals surface area contributed by atoms with Crippen LogP contribution in [-0.4, -0.2) is 32.0 Å². The lowest BCUT2D eigenvalue weighted by molar-refractivity contribution is -0.143. The molecule has 1 aromatic carbocycles. The first kappa shape index (κ1) is 23.5. The van der Waals surface area contributed by atoms with E-state index in [4.69, 9.17) is 4.74 Å². The quantitative estimate of drug-likeness (QED) is 0.459. The monoisotopic (exact) mass is 484 g/mol. The van der Waals surface area contributed by atoms with Gasteiger partial charge in [0, 0.05) is 18.7 Å². The van der Waals surface area contributed by atoms with Crippen LogP contribution in [0.2, 0.25) is 0 Å². The van der Waals surface area contributed by atoms with E-state index in [-0.39, 0.29) is 20.5 Å². The molecule has 0 fully saturated rings. The Kier molecular flexibility index (Phi) is 6.46. The van der Waals surface area contributed by atoms with Crippen LogP contribution in [0.1, 0.15) is 18.2 Å². The molecule has 2 heterocycles. The zero-order chi connectivity index (χ0) is 23.7. The number of anilines is 1. The molecule has 170 valence electrons. The van der Waals surface area contributed by atoms with Gasteiger partial charge >= 0.3 is 6.18 Å². The maximum atomic E-state index is 13.0. The predicted molar refractivity (Wildman–Crippen MR) is 119 cm³/mol. The normalized spacial score (nSPS) is 12.3. The van der Waals surface area contributed by atoms with Gasteiger partial charge < -0.3 is 4.74 Å². The first-order valence-corrected chi connectivity index (χ1v) is 11.4. The van der Waals surface area contributed by atoms with E-state index in [1.54, 1.807) is 25.1 Å². The van der Waals surface area contributed by atoms with Gasteiger partial charge in [-0.1, -0.05) is 12.2 Å². The summed E-state index contributed by atoms with van der Waals surface area (Å²) in [5, 5.41) is 3.85. The van der Waals surface area contributed by atoms with Gasteiger partial charge in [0.15, 0.2) is 0 Å². The van der Waals surface area contributed by atoms with E-state index in [9.17, 15) is 21.6 Å². The Morgan fingerprint density at radius 2 is 2.00 bits per heavy atom. The Bertz CT molecular complexity index is 1290. The molecule has 0 atom stereocenters. The molecular weight excluding hydrogens is 465 g/mol. The number of nitrogens with one attached hydrogen (secondary N) is 1. The summed E-state index contributed by atoms with van der Waals surface area (Å²) in [4.78, 5) is 4.21. The van der Waals surface area contributed by atoms with Crippen molar-refractivity contribution in [2.45, 2.75) is 17.3 Å². The number of benzene rings is 1. The second kappa shape index (κ2) is 8.79. The number of aromatic nitrogens is 2. The second-order valence-corrected chi connectivity index (χ2v) is 9.52. The van der Waals surface area contributed by atoms with Gasteiger partial charge in [0.1, 0.15) is 21.3 Å². The molecule has 0 aliphatic rings. The minimum absolute atomic E-state index is 0.0245. The molecule has 32 heavy (non-hydrogen) atoms. The SMILES string of the molecule is C=Nc1c(/C=C\C)cc(OC)cc1NS(=O)(=O)c1ccc(-c2cc(C(F)(F)F)n(C)n2)s1. The molecule has 2 aromatic heterocycles. The first-order valence-electron chi connectivity index (χ1n) is 9.06. The zero-order valence-electron chi connectivity index (χ0n) is 17.3. The number of rotatable bonds is 7. The van der Waals surface area contributed by atoms with Gasteiger partial charge in [-0.2, -0.15) is 18.3 Å². The van der Waals surface area contributed by atoms with Crippen LogP contribution in [0.3, 0.4) is 0 Å². The van der Waals surface area contributed by atoms with E-state index < -0.39 is 21.9 Å². The molecule has 0 saturated carbocycles. The second-order valence-electron chi connectivity index (χ2n) is 6.53. The van der Waals surface area contributed by atoms with Gasteiger partial charge in [-0.3, -0.25) is 14.4 Å². The fourth-order valence-electron chi connectivity index (χ4n) is 2.96. The number of alkyl halides is 3. The van der Waals surface area contributed by atoms with Crippen molar-refractivity contribution < 1.29 is 26.3 Å². The van der Waals surface area contributed by atoms with Crippen molar-refractivity contribution in [2.75, 3.05) is 11.8 Å². The summed E-state index contributed by atoms with van der Waals surface area (Å²) >= 11 is 0.798. The highest BCUT2D eigenvalue weighted by Gasteiger charge is 2.35. The van der Waals surface area contributed by atoms with Crippen molar-refractivity contribution in [3.63, 3.8) is 0 Å². The lowest BCUT2D eigenvalue weighted by atomic mass is 10.1. The molecule has 1 N–H and O–H groups in total. The van der Waals surface area contributed by atoms with Crippen LogP contribution >= 0.6 is 11.3 Å². The van der Waals surface area contributed by atoms with Crippen molar-refractivity contribution >= 4 is 45.5 Å². The van der Waals surface area contributed by atoms with Crippen LogP contribution in [0, 0.1) is 0 Å². The van der Waals surface area contributed by atoms with Crippen molar-refractivity contribution in [2.24, 2.45) is 12.0 Å². The minimum atomic E-state index is -4.57. The molecule has 0 aliphatic carbocycles. The summed E-state index contributed by atoms with van der Waals surface area (Å²) in [5.74, 6) is 0.406. The number of halogens is 3. The average molecular weight is 485 g/mol. The van der Waals surface area contributed by atoms with Crippen molar-refractivity contribution in [3.05, 3.63) is 47.7 Å². The molecule has 0 saturated heterocycles. The third-order valence-corrected chi connectivity index (χ3v) is 7.33. The van der Waals surface area contributed by atoms with Crippen LogP contribution < -0.4 is 9.46 Å². The number of hydrogen-bond acceptors (Lipinski definition) is 6. The van der Waals surface area contributed by atoms with Crippen molar-refractivity contribution in [3.8, 4) is 16.3 Å². The molecule has 3 rings (SSSR count). The third-order valence-electron chi connectivity index (χ3n) is 4.37. The van der Waals surface area contributed by atoms with E-state index in [1.807, 2.05) is 0 Å². The Hall–Kier alpha value is -3.12. The number of sulfonamides is 1. The first-order chi connectivity index (χ1) is 15.0. The van der Waals surface area contributed by atoms with Crippen molar-refractivity contribution in [1.82, 2.24) is 9.78 Å². The molecule has 0 unspecified atom stereocenters. The van der Waals surface area contributed by atoms with E-state index in [0.717, 1.165) is 17.4 Å². The van der Waals surface area contributed by atoms with Gasteiger partial charge in [-0.05, 0) is 37.9 Å². The van der Waals surface area contributed by atoms with Gasteiger partial charge in [-0.25, -0.2) is 8.42 Å². The van der Waals surface area contributed by atoms with Gasteiger partial charge in [0.25, 0.3) is 10.0 Å². The largest absolute Gasteiger partial charge is 0.497 e. The number of methoxy groups -OCH3 is 1. The molecule has 12 heteroatoms. The topological polar surface area (TPSA) is 85.6 Å². The number of aryl methyl sites for hydroxylation is 1. The lowest BCUT2D eigenvalue weighted by Gasteiger charge is -2.13. The van der Waals surface area contributed by atoms with Gasteiger partial charge in [0.2, 0.25) is 0 Å². The van der Waals surface area contributed by atoms with Crippen LogP contribution in [0.25, 0.3) is 16.6 Å². The highest BCUT2D eigenvalue weighted by molar-refractivity contribution is 7.94. The number of hydrogen-bond donors (Lipinski definition) is 1. The number of thiophene rings is 1. The number of nitrogens with zero attached hydrogens (tertiary/aromatic N) is 3. The Balaban J connectivity index is 1.99. The highest BCUT2D eigenvalue weighted by atomic mass is 32.2. The summed E-state index contributed by atoms with van der Waals surface area (Å²) in [6.45, 7) is 5.30.